The second-order valence-corrected chi connectivity index (χ2v) is 13.1. The molecule has 0 atom stereocenters. The van der Waals surface area contributed by atoms with Crippen molar-refractivity contribution in [3.8, 4) is 34.4 Å². The van der Waals surface area contributed by atoms with Gasteiger partial charge in [0.05, 0.1) is 22.1 Å². The lowest BCUT2D eigenvalue weighted by Crippen LogP contribution is -2.00. The minimum Gasteiger partial charge on any atom is -0.505 e. The maximum Gasteiger partial charge on any atom is 0.248 e. The van der Waals surface area contributed by atoms with Crippen LogP contribution in [0.5, 0.6) is 11.5 Å². The molecule has 0 unspecified atom stereocenters. The largest absolute Gasteiger partial charge is 0.505 e. The van der Waals surface area contributed by atoms with Gasteiger partial charge in [0, 0.05) is 27.5 Å². The summed E-state index contributed by atoms with van der Waals surface area (Å²) in [7, 11) is 0. The van der Waals surface area contributed by atoms with Gasteiger partial charge >= 0.3 is 0 Å². The molecule has 14 heteroatoms. The van der Waals surface area contributed by atoms with E-state index in [1.54, 1.807) is 60.7 Å². The van der Waals surface area contributed by atoms with E-state index in [1.165, 1.54) is 0 Å². The summed E-state index contributed by atoms with van der Waals surface area (Å²) in [5.74, 6) is 0.663. The van der Waals surface area contributed by atoms with Gasteiger partial charge in [-0.2, -0.15) is 10.2 Å². The monoisotopic (exact) mass is 774 g/mol. The summed E-state index contributed by atoms with van der Waals surface area (Å²) in [6.45, 7) is 1.78. The molecular formula is C43H31ClN8O5. The fourth-order valence-corrected chi connectivity index (χ4v) is 6.12. The number of anilines is 1. The molecule has 0 saturated carbocycles. The lowest BCUT2D eigenvalue weighted by molar-refractivity contribution is 0.123. The molecule has 57 heavy (non-hydrogen) atoms. The number of phenolic OH excluding ortho intramolecular Hbond substituents is 2. The third-order valence-electron chi connectivity index (χ3n) is 8.88. The van der Waals surface area contributed by atoms with E-state index in [4.69, 9.17) is 25.7 Å². The van der Waals surface area contributed by atoms with E-state index in [1.807, 2.05) is 79.7 Å². The summed E-state index contributed by atoms with van der Waals surface area (Å²) >= 11 is 6.10. The summed E-state index contributed by atoms with van der Waals surface area (Å²) in [6, 6.07) is 40.3. The van der Waals surface area contributed by atoms with Crippen molar-refractivity contribution in [3.63, 3.8) is 0 Å². The van der Waals surface area contributed by atoms with Crippen molar-refractivity contribution in [2.45, 2.75) is 13.5 Å². The number of aromatic nitrogens is 2. The highest BCUT2D eigenvalue weighted by molar-refractivity contribution is 6.33. The van der Waals surface area contributed by atoms with Crippen LogP contribution in [0, 0.1) is 6.92 Å². The normalized spacial score (nSPS) is 11.7. The number of fused-ring (bicyclic) bond motifs is 2. The zero-order valence-electron chi connectivity index (χ0n) is 30.1. The molecule has 1 aromatic heterocycles. The van der Waals surface area contributed by atoms with Gasteiger partial charge in [-0.25, -0.2) is 5.48 Å². The first-order valence-corrected chi connectivity index (χ1v) is 17.9. The number of aryl methyl sites for hydroxylation is 1. The van der Waals surface area contributed by atoms with Crippen molar-refractivity contribution in [1.82, 2.24) is 10.2 Å². The first kappa shape index (κ1) is 36.3. The molecule has 8 rings (SSSR count). The molecule has 280 valence electrons. The standard InChI is InChI=1S/C43H31ClN8O5/c1-26-22-29-8-2-4-10-34(29)38(40(26)53)48-46-32-18-14-27(15-19-32)42-50-51-43(57-42)28-16-20-33(21-17-28)47-49-39-35-11-5-3-9-30(35)23-31(41(39)54)24-55-45-25-56-52-37-13-7-6-12-36(37)44/h2-23,25,52-54H,24H2,1H3/b45-25+,48-46?,49-47?. The quantitative estimate of drug-likeness (QED) is 0.0476. The fraction of sp³-hybridized carbons (Fsp3) is 0.0465. The molecule has 3 N–H and O–H groups in total. The van der Waals surface area contributed by atoms with Crippen molar-refractivity contribution >= 4 is 68.0 Å². The van der Waals surface area contributed by atoms with Crippen LogP contribution in [0.1, 0.15) is 11.1 Å². The summed E-state index contributed by atoms with van der Waals surface area (Å²) < 4.78 is 5.99. The topological polar surface area (TPSA) is 172 Å². The van der Waals surface area contributed by atoms with Gasteiger partial charge in [0.2, 0.25) is 18.2 Å². The van der Waals surface area contributed by atoms with Gasteiger partial charge in [0.1, 0.15) is 29.5 Å². The molecule has 0 radical (unpaired) electrons. The molecule has 7 aromatic carbocycles. The molecule has 0 fully saturated rings. The van der Waals surface area contributed by atoms with Crippen LogP contribution in [0.15, 0.2) is 163 Å². The van der Waals surface area contributed by atoms with Crippen LogP contribution in [-0.2, 0) is 16.3 Å². The molecule has 8 aromatic rings. The van der Waals surface area contributed by atoms with Crippen LogP contribution in [0.2, 0.25) is 5.02 Å². The van der Waals surface area contributed by atoms with Gasteiger partial charge < -0.3 is 24.3 Å². The number of nitrogens with zero attached hydrogens (tertiary/aromatic N) is 7. The highest BCUT2D eigenvalue weighted by atomic mass is 35.5. The molecule has 0 aliphatic rings. The minimum atomic E-state index is -0.0898. The van der Waals surface area contributed by atoms with E-state index >= 15 is 0 Å². The number of benzene rings is 7. The number of para-hydroxylation sites is 1. The van der Waals surface area contributed by atoms with Gasteiger partial charge in [-0.1, -0.05) is 77.4 Å². The van der Waals surface area contributed by atoms with E-state index in [9.17, 15) is 10.2 Å². The number of oxime groups is 1. The van der Waals surface area contributed by atoms with Crippen molar-refractivity contribution in [2.75, 3.05) is 5.48 Å². The second kappa shape index (κ2) is 16.4. The first-order valence-electron chi connectivity index (χ1n) is 17.5. The maximum absolute atomic E-state index is 11.2. The summed E-state index contributed by atoms with van der Waals surface area (Å²) in [4.78, 5) is 10.5. The van der Waals surface area contributed by atoms with E-state index < -0.39 is 0 Å². The van der Waals surface area contributed by atoms with E-state index in [0.29, 0.717) is 61.6 Å². The predicted octanol–water partition coefficient (Wildman–Crippen LogP) is 12.4. The van der Waals surface area contributed by atoms with E-state index in [0.717, 1.165) is 28.1 Å². The molecule has 13 nitrogen and oxygen atoms in total. The summed E-state index contributed by atoms with van der Waals surface area (Å²) in [5, 5.41) is 55.5. The van der Waals surface area contributed by atoms with Gasteiger partial charge in [0.15, 0.2) is 0 Å². The number of hydrogen-bond acceptors (Lipinski definition) is 13. The molecule has 1 heterocycles. The van der Waals surface area contributed by atoms with Crippen molar-refractivity contribution in [3.05, 3.63) is 150 Å². The average molecular weight is 775 g/mol. The van der Waals surface area contributed by atoms with Crippen LogP contribution < -0.4 is 5.48 Å². The Bertz CT molecular complexity index is 2810. The van der Waals surface area contributed by atoms with Crippen molar-refractivity contribution in [1.29, 1.82) is 0 Å². The Morgan fingerprint density at radius 3 is 1.82 bits per heavy atom. The van der Waals surface area contributed by atoms with Gasteiger partial charge in [0.25, 0.3) is 0 Å². The van der Waals surface area contributed by atoms with Crippen molar-refractivity contribution < 1.29 is 24.3 Å². The summed E-state index contributed by atoms with van der Waals surface area (Å²) in [6.07, 6.45) is 1.08. The lowest BCUT2D eigenvalue weighted by Gasteiger charge is -2.10. The van der Waals surface area contributed by atoms with Crippen LogP contribution in [0.25, 0.3) is 44.5 Å². The van der Waals surface area contributed by atoms with Crippen LogP contribution >= 0.6 is 11.6 Å². The molecule has 0 spiro atoms. The van der Waals surface area contributed by atoms with Crippen molar-refractivity contribution in [2.24, 2.45) is 25.6 Å². The molecule has 0 saturated heterocycles. The number of aromatic hydroxyl groups is 2. The Morgan fingerprint density at radius 1 is 0.667 bits per heavy atom. The number of rotatable bonds is 12. The number of azo groups is 2. The Morgan fingerprint density at radius 2 is 1.21 bits per heavy atom. The fourth-order valence-electron chi connectivity index (χ4n) is 5.95. The Kier molecular flexibility index (Phi) is 10.4. The van der Waals surface area contributed by atoms with E-state index in [2.05, 4.69) is 41.3 Å². The number of hydrogen-bond donors (Lipinski definition) is 3. The number of halogens is 1. The molecule has 0 amide bonds. The first-order chi connectivity index (χ1) is 27.9. The Balaban J connectivity index is 0.927. The predicted molar refractivity (Wildman–Crippen MR) is 219 cm³/mol. The molecule has 0 aliphatic heterocycles. The smallest absolute Gasteiger partial charge is 0.248 e. The highest BCUT2D eigenvalue weighted by Crippen LogP contribution is 2.41. The van der Waals surface area contributed by atoms with E-state index in [-0.39, 0.29) is 23.8 Å². The van der Waals surface area contributed by atoms with Crippen LogP contribution in [0.3, 0.4) is 0 Å². The molecular weight excluding hydrogens is 744 g/mol. The number of nitrogens with one attached hydrogen (secondary N) is 1. The SMILES string of the molecule is Cc1cc2ccccc2c(N=Nc2ccc(-c3nnc(-c4ccc(N=Nc5c(O)c(CO/N=C/ONc6ccccc6Cl)cc6ccccc56)cc4)o3)cc2)c1O. The van der Waals surface area contributed by atoms with Crippen LogP contribution in [-0.4, -0.2) is 26.8 Å². The van der Waals surface area contributed by atoms with Crippen LogP contribution in [0.4, 0.5) is 28.4 Å². The molecule has 0 aliphatic carbocycles. The third-order valence-corrected chi connectivity index (χ3v) is 9.21. The Labute approximate surface area is 330 Å². The third kappa shape index (κ3) is 8.09. The minimum absolute atomic E-state index is 0.0572. The van der Waals surface area contributed by atoms with Gasteiger partial charge in [-0.05, 0) is 96.1 Å². The highest BCUT2D eigenvalue weighted by Gasteiger charge is 2.15. The maximum atomic E-state index is 11.2. The number of phenols is 2. The van der Waals surface area contributed by atoms with Gasteiger partial charge in [-0.15, -0.1) is 20.4 Å². The zero-order chi connectivity index (χ0) is 39.1. The zero-order valence-corrected chi connectivity index (χ0v) is 30.9. The van der Waals surface area contributed by atoms with Gasteiger partial charge in [-0.3, -0.25) is 0 Å². The lowest BCUT2D eigenvalue weighted by atomic mass is 10.0. The average Bonchev–Trinajstić information content (AvgIpc) is 3.74. The molecule has 0 bridgehead atoms. The summed E-state index contributed by atoms with van der Waals surface area (Å²) in [5.41, 5.74) is 7.63. The second-order valence-electron chi connectivity index (χ2n) is 12.7. The Hall–Kier alpha value is -7.64.